The highest BCUT2D eigenvalue weighted by Gasteiger charge is 2.13. The smallest absolute Gasteiger partial charge is 0.341 e. The number of carbonyl (C=O) groups is 1. The largest absolute Gasteiger partial charge is 0.490 e. The minimum atomic E-state index is -1.05. The predicted octanol–water partition coefficient (Wildman–Crippen LogP) is 2.28. The van der Waals surface area contributed by atoms with Crippen LogP contribution in [0.5, 0.6) is 5.75 Å². The van der Waals surface area contributed by atoms with Gasteiger partial charge in [0.05, 0.1) is 12.2 Å². The second kappa shape index (κ2) is 5.82. The van der Waals surface area contributed by atoms with Gasteiger partial charge in [-0.2, -0.15) is 0 Å². The Kier molecular flexibility index (Phi) is 4.67. The monoisotopic (exact) mass is 253 g/mol. The number of carboxylic acids is 1. The summed E-state index contributed by atoms with van der Waals surface area (Å²) in [5.74, 6) is -0.721. The minimum Gasteiger partial charge on any atom is -0.490 e. The molecule has 1 rings (SSSR count). The molecular formula is C13H19NO4. The zero-order valence-electron chi connectivity index (χ0n) is 11.2. The summed E-state index contributed by atoms with van der Waals surface area (Å²) in [4.78, 5) is 14.9. The minimum absolute atomic E-state index is 0.0661. The molecule has 0 aliphatic rings. The third-order valence-electron chi connectivity index (χ3n) is 2.11. The van der Waals surface area contributed by atoms with Gasteiger partial charge in [-0.05, 0) is 27.7 Å². The summed E-state index contributed by atoms with van der Waals surface area (Å²) in [7, 11) is 0. The summed E-state index contributed by atoms with van der Waals surface area (Å²) < 4.78 is 10.9. The van der Waals surface area contributed by atoms with Gasteiger partial charge in [-0.15, -0.1) is 0 Å². The first-order valence-electron chi connectivity index (χ1n) is 5.76. The molecule has 0 saturated carbocycles. The van der Waals surface area contributed by atoms with Gasteiger partial charge >= 0.3 is 5.97 Å². The molecule has 18 heavy (non-hydrogen) atoms. The fourth-order valence-electron chi connectivity index (χ4n) is 1.31. The molecule has 0 aliphatic carbocycles. The number of hydrogen-bond acceptors (Lipinski definition) is 4. The maximum atomic E-state index is 11.0. The molecule has 100 valence electrons. The third kappa shape index (κ3) is 4.71. The zero-order valence-corrected chi connectivity index (χ0v) is 11.2. The van der Waals surface area contributed by atoms with Crippen molar-refractivity contribution in [2.75, 3.05) is 13.2 Å². The van der Waals surface area contributed by atoms with Gasteiger partial charge in [0.25, 0.3) is 0 Å². The van der Waals surface area contributed by atoms with E-state index >= 15 is 0 Å². The first-order valence-corrected chi connectivity index (χ1v) is 5.76. The van der Waals surface area contributed by atoms with Crippen LogP contribution < -0.4 is 4.74 Å². The van der Waals surface area contributed by atoms with Crippen molar-refractivity contribution >= 4 is 5.97 Å². The molecule has 1 aromatic rings. The second-order valence-corrected chi connectivity index (χ2v) is 4.94. The Morgan fingerprint density at radius 1 is 1.39 bits per heavy atom. The maximum absolute atomic E-state index is 11.0. The van der Waals surface area contributed by atoms with Gasteiger partial charge in [-0.3, -0.25) is 4.98 Å². The van der Waals surface area contributed by atoms with Crippen LogP contribution in [-0.4, -0.2) is 34.9 Å². The fourth-order valence-corrected chi connectivity index (χ4v) is 1.31. The number of nitrogens with zero attached hydrogens (tertiary/aromatic N) is 1. The fraction of sp³-hybridized carbons (Fsp3) is 0.538. The molecule has 0 amide bonds. The van der Waals surface area contributed by atoms with Gasteiger partial charge in [-0.1, -0.05) is 0 Å². The Balaban J connectivity index is 2.61. The first kappa shape index (κ1) is 14.4. The van der Waals surface area contributed by atoms with E-state index in [1.54, 1.807) is 13.0 Å². The Morgan fingerprint density at radius 3 is 2.61 bits per heavy atom. The van der Waals surface area contributed by atoms with E-state index in [4.69, 9.17) is 14.6 Å². The molecule has 5 heteroatoms. The van der Waals surface area contributed by atoms with Crippen molar-refractivity contribution in [3.05, 3.63) is 23.5 Å². The zero-order chi connectivity index (χ0) is 13.8. The molecule has 0 fully saturated rings. The molecule has 0 radical (unpaired) electrons. The van der Waals surface area contributed by atoms with E-state index in [1.165, 1.54) is 6.20 Å². The van der Waals surface area contributed by atoms with Crippen LogP contribution in [0.1, 0.15) is 36.8 Å². The summed E-state index contributed by atoms with van der Waals surface area (Å²) in [6.07, 6.45) is 1.30. The van der Waals surface area contributed by atoms with Gasteiger partial charge in [-0.25, -0.2) is 4.79 Å². The lowest BCUT2D eigenvalue weighted by atomic mass is 10.2. The Hall–Kier alpha value is -1.62. The number of aromatic carboxylic acids is 1. The number of hydrogen-bond donors (Lipinski definition) is 1. The number of pyridine rings is 1. The summed E-state index contributed by atoms with van der Waals surface area (Å²) in [6, 6.07) is 1.61. The molecule has 1 aromatic heterocycles. The summed E-state index contributed by atoms with van der Waals surface area (Å²) >= 11 is 0. The van der Waals surface area contributed by atoms with E-state index in [-0.39, 0.29) is 11.2 Å². The molecule has 5 nitrogen and oxygen atoms in total. The van der Waals surface area contributed by atoms with E-state index in [0.717, 1.165) is 0 Å². The lowest BCUT2D eigenvalue weighted by molar-refractivity contribution is -0.0164. The number of ether oxygens (including phenoxy) is 2. The standard InChI is InChI=1S/C13H19NO4/c1-9-7-11(10(8-14-9)12(15)16)17-5-6-18-13(2,3)4/h7-8H,5-6H2,1-4H3,(H,15,16). The lowest BCUT2D eigenvalue weighted by Gasteiger charge is -2.19. The molecule has 0 spiro atoms. The van der Waals surface area contributed by atoms with Crippen molar-refractivity contribution in [3.63, 3.8) is 0 Å². The number of aryl methyl sites for hydroxylation is 1. The Morgan fingerprint density at radius 2 is 2.06 bits per heavy atom. The highest BCUT2D eigenvalue weighted by molar-refractivity contribution is 5.90. The molecule has 0 atom stereocenters. The normalized spacial score (nSPS) is 11.3. The van der Waals surface area contributed by atoms with E-state index in [9.17, 15) is 4.79 Å². The molecule has 1 heterocycles. The van der Waals surface area contributed by atoms with Gasteiger partial charge in [0.1, 0.15) is 17.9 Å². The molecule has 0 unspecified atom stereocenters. The third-order valence-corrected chi connectivity index (χ3v) is 2.11. The van der Waals surface area contributed by atoms with Gasteiger partial charge in [0.15, 0.2) is 0 Å². The van der Waals surface area contributed by atoms with Gasteiger partial charge < -0.3 is 14.6 Å². The van der Waals surface area contributed by atoms with Crippen molar-refractivity contribution in [2.45, 2.75) is 33.3 Å². The quantitative estimate of drug-likeness (QED) is 0.815. The highest BCUT2D eigenvalue weighted by atomic mass is 16.5. The Bertz CT molecular complexity index is 423. The van der Waals surface area contributed by atoms with Crippen LogP contribution in [0, 0.1) is 6.92 Å². The molecule has 0 bridgehead atoms. The van der Waals surface area contributed by atoms with E-state index in [0.29, 0.717) is 24.7 Å². The van der Waals surface area contributed by atoms with Crippen LogP contribution in [0.25, 0.3) is 0 Å². The van der Waals surface area contributed by atoms with Gasteiger partial charge in [0.2, 0.25) is 0 Å². The van der Waals surface area contributed by atoms with Crippen LogP contribution in [0.15, 0.2) is 12.3 Å². The van der Waals surface area contributed by atoms with Crippen LogP contribution in [0.4, 0.5) is 0 Å². The SMILES string of the molecule is Cc1cc(OCCOC(C)(C)C)c(C(=O)O)cn1. The van der Waals surface area contributed by atoms with Gasteiger partial charge in [0, 0.05) is 18.0 Å². The van der Waals surface area contributed by atoms with Crippen molar-refractivity contribution in [3.8, 4) is 5.75 Å². The number of aromatic nitrogens is 1. The van der Waals surface area contributed by atoms with Crippen molar-refractivity contribution in [2.24, 2.45) is 0 Å². The van der Waals surface area contributed by atoms with E-state index in [1.807, 2.05) is 20.8 Å². The Labute approximate surface area is 107 Å². The number of carboxylic acid groups (broad SMARTS) is 1. The molecule has 1 N–H and O–H groups in total. The van der Waals surface area contributed by atoms with Crippen molar-refractivity contribution in [1.29, 1.82) is 0 Å². The second-order valence-electron chi connectivity index (χ2n) is 4.94. The van der Waals surface area contributed by atoms with Crippen LogP contribution in [-0.2, 0) is 4.74 Å². The average Bonchev–Trinajstić information content (AvgIpc) is 2.22. The molecular weight excluding hydrogens is 234 g/mol. The average molecular weight is 253 g/mol. The maximum Gasteiger partial charge on any atom is 0.341 e. The van der Waals surface area contributed by atoms with Crippen LogP contribution in [0.3, 0.4) is 0 Å². The summed E-state index contributed by atoms with van der Waals surface area (Å²) in [6.45, 7) is 8.35. The lowest BCUT2D eigenvalue weighted by Crippen LogP contribution is -2.22. The van der Waals surface area contributed by atoms with Crippen molar-refractivity contribution in [1.82, 2.24) is 4.98 Å². The first-order chi connectivity index (χ1) is 8.29. The van der Waals surface area contributed by atoms with Crippen LogP contribution >= 0.6 is 0 Å². The summed E-state index contributed by atoms with van der Waals surface area (Å²) in [5.41, 5.74) is 0.552. The van der Waals surface area contributed by atoms with E-state index < -0.39 is 5.97 Å². The highest BCUT2D eigenvalue weighted by Crippen LogP contribution is 2.18. The number of rotatable bonds is 5. The van der Waals surface area contributed by atoms with Crippen LogP contribution in [0.2, 0.25) is 0 Å². The molecule has 0 saturated heterocycles. The van der Waals surface area contributed by atoms with E-state index in [2.05, 4.69) is 4.98 Å². The molecule has 0 aliphatic heterocycles. The van der Waals surface area contributed by atoms with Crippen molar-refractivity contribution < 1.29 is 19.4 Å². The molecule has 0 aromatic carbocycles. The predicted molar refractivity (Wildman–Crippen MR) is 67.1 cm³/mol. The summed E-state index contributed by atoms with van der Waals surface area (Å²) in [5, 5.41) is 8.99. The topological polar surface area (TPSA) is 68.7 Å².